The number of nitro benzene ring substituents is 1. The molecule has 5 rings (SSSR count). The minimum absolute atomic E-state index is 0.0322. The molecule has 0 radical (unpaired) electrons. The molecule has 3 aromatic carbocycles. The van der Waals surface area contributed by atoms with Gasteiger partial charge in [-0.15, -0.1) is 0 Å². The summed E-state index contributed by atoms with van der Waals surface area (Å²) in [6.07, 6.45) is 2.21. The number of thioether (sulfide) groups is 1. The summed E-state index contributed by atoms with van der Waals surface area (Å²) in [7, 11) is 0. The van der Waals surface area contributed by atoms with Crippen LogP contribution in [0.3, 0.4) is 0 Å². The van der Waals surface area contributed by atoms with Gasteiger partial charge in [-0.05, 0) is 70.8 Å². The normalized spacial score (nSPS) is 15.9. The lowest BCUT2D eigenvalue weighted by molar-refractivity contribution is -0.384. The molecule has 1 saturated heterocycles. The molecule has 2 aliphatic rings. The Morgan fingerprint density at radius 2 is 1.73 bits per heavy atom. The van der Waals surface area contributed by atoms with Crippen LogP contribution in [0.25, 0.3) is 6.08 Å². The third-order valence-electron chi connectivity index (χ3n) is 6.50. The molecule has 1 fully saturated rings. The van der Waals surface area contributed by atoms with Gasteiger partial charge in [0.25, 0.3) is 16.8 Å². The van der Waals surface area contributed by atoms with E-state index in [4.69, 9.17) is 27.9 Å². The van der Waals surface area contributed by atoms with E-state index >= 15 is 0 Å². The van der Waals surface area contributed by atoms with Gasteiger partial charge in [-0.3, -0.25) is 29.4 Å². The van der Waals surface area contributed by atoms with Crippen molar-refractivity contribution in [1.82, 2.24) is 9.80 Å². The first-order chi connectivity index (χ1) is 19.2. The van der Waals surface area contributed by atoms with Gasteiger partial charge in [0.05, 0.1) is 19.9 Å². The van der Waals surface area contributed by atoms with Gasteiger partial charge in [-0.2, -0.15) is 0 Å². The van der Waals surface area contributed by atoms with Crippen molar-refractivity contribution in [2.75, 3.05) is 13.1 Å². The average molecular weight is 598 g/mol. The molecule has 3 amide bonds. The van der Waals surface area contributed by atoms with Crippen LogP contribution in [-0.4, -0.2) is 44.9 Å². The van der Waals surface area contributed by atoms with Crippen molar-refractivity contribution in [1.29, 1.82) is 0 Å². The predicted octanol–water partition coefficient (Wildman–Crippen LogP) is 6.10. The van der Waals surface area contributed by atoms with Gasteiger partial charge in [-0.25, -0.2) is 0 Å². The number of imide groups is 1. The standard InChI is InChI=1S/C28H21Cl2N3O6S/c29-22-11-18(12-23(30)26(22)39-16-17-5-7-21(8-6-17)33(37)38)13-24-27(35)32(28(36)40-24)15-25(34)31-10-9-19-3-1-2-4-20(19)14-31/h1-8,11-13H,9-10,14-16H2/b24-13-. The van der Waals surface area contributed by atoms with Crippen LogP contribution >= 0.6 is 35.0 Å². The second kappa shape index (κ2) is 11.7. The van der Waals surface area contributed by atoms with Gasteiger partial charge < -0.3 is 9.64 Å². The number of carbonyl (C=O) groups is 3. The van der Waals surface area contributed by atoms with E-state index in [1.54, 1.807) is 29.2 Å². The number of amides is 3. The lowest BCUT2D eigenvalue weighted by Crippen LogP contribution is -2.44. The third kappa shape index (κ3) is 5.99. The highest BCUT2D eigenvalue weighted by Crippen LogP contribution is 2.38. The lowest BCUT2D eigenvalue weighted by atomic mass is 10.00. The first-order valence-corrected chi connectivity index (χ1v) is 13.7. The molecule has 40 heavy (non-hydrogen) atoms. The average Bonchev–Trinajstić information content (AvgIpc) is 3.19. The summed E-state index contributed by atoms with van der Waals surface area (Å²) in [4.78, 5) is 51.6. The molecule has 0 spiro atoms. The van der Waals surface area contributed by atoms with Crippen molar-refractivity contribution in [3.05, 3.63) is 108 Å². The van der Waals surface area contributed by atoms with Crippen LogP contribution < -0.4 is 4.74 Å². The topological polar surface area (TPSA) is 110 Å². The smallest absolute Gasteiger partial charge is 0.294 e. The number of benzene rings is 3. The monoisotopic (exact) mass is 597 g/mol. The van der Waals surface area contributed by atoms with Crippen LogP contribution in [0.2, 0.25) is 10.0 Å². The number of rotatable bonds is 7. The number of halogens is 2. The van der Waals surface area contributed by atoms with Crippen molar-refractivity contribution >= 4 is 63.8 Å². The van der Waals surface area contributed by atoms with Crippen LogP contribution in [0.1, 0.15) is 22.3 Å². The second-order valence-corrected chi connectivity index (χ2v) is 10.9. The molecular weight excluding hydrogens is 577 g/mol. The second-order valence-electron chi connectivity index (χ2n) is 9.13. The maximum atomic E-state index is 13.0. The van der Waals surface area contributed by atoms with E-state index in [2.05, 4.69) is 0 Å². The predicted molar refractivity (Wildman–Crippen MR) is 152 cm³/mol. The minimum Gasteiger partial charge on any atom is -0.486 e. The van der Waals surface area contributed by atoms with Crippen molar-refractivity contribution in [2.24, 2.45) is 0 Å². The highest BCUT2D eigenvalue weighted by molar-refractivity contribution is 8.18. The number of hydrogen-bond donors (Lipinski definition) is 0. The zero-order valence-corrected chi connectivity index (χ0v) is 23.2. The fourth-order valence-electron chi connectivity index (χ4n) is 4.40. The maximum absolute atomic E-state index is 13.0. The maximum Gasteiger partial charge on any atom is 0.294 e. The Hall–Kier alpha value is -3.86. The summed E-state index contributed by atoms with van der Waals surface area (Å²) in [6.45, 7) is 0.710. The summed E-state index contributed by atoms with van der Waals surface area (Å²) < 4.78 is 5.73. The SMILES string of the molecule is O=C(CN1C(=O)S/C(=C\c2cc(Cl)c(OCc3ccc([N+](=O)[O-])cc3)c(Cl)c2)C1=O)N1CCc2ccccc2C1. The largest absolute Gasteiger partial charge is 0.486 e. The van der Waals surface area contributed by atoms with E-state index in [9.17, 15) is 24.5 Å². The molecule has 0 aromatic heterocycles. The van der Waals surface area contributed by atoms with E-state index < -0.39 is 16.1 Å². The number of carbonyl (C=O) groups excluding carboxylic acids is 3. The fraction of sp³-hybridized carbons (Fsp3) is 0.179. The van der Waals surface area contributed by atoms with Crippen molar-refractivity contribution in [2.45, 2.75) is 19.6 Å². The Kier molecular flexibility index (Phi) is 8.11. The number of hydrogen-bond acceptors (Lipinski definition) is 7. The summed E-state index contributed by atoms with van der Waals surface area (Å²) in [5.41, 5.74) is 3.38. The molecule has 12 heteroatoms. The van der Waals surface area contributed by atoms with Crippen LogP contribution in [0, 0.1) is 10.1 Å². The Balaban J connectivity index is 1.24. The first-order valence-electron chi connectivity index (χ1n) is 12.1. The highest BCUT2D eigenvalue weighted by atomic mass is 35.5. The van der Waals surface area contributed by atoms with Crippen molar-refractivity contribution < 1.29 is 24.0 Å². The molecule has 0 saturated carbocycles. The van der Waals surface area contributed by atoms with Crippen LogP contribution in [0.4, 0.5) is 10.5 Å². The van der Waals surface area contributed by atoms with Gasteiger partial charge in [0.15, 0.2) is 5.75 Å². The number of ether oxygens (including phenoxy) is 1. The molecule has 0 unspecified atom stereocenters. The van der Waals surface area contributed by atoms with Gasteiger partial charge in [0.1, 0.15) is 13.2 Å². The van der Waals surface area contributed by atoms with E-state index in [0.717, 1.165) is 28.6 Å². The van der Waals surface area contributed by atoms with Crippen molar-refractivity contribution in [3.8, 4) is 5.75 Å². The molecule has 0 bridgehead atoms. The highest BCUT2D eigenvalue weighted by Gasteiger charge is 2.37. The summed E-state index contributed by atoms with van der Waals surface area (Å²) in [6, 6.07) is 16.9. The number of nitrogens with zero attached hydrogens (tertiary/aromatic N) is 3. The molecular formula is C28H21Cl2N3O6S. The van der Waals surface area contributed by atoms with Crippen molar-refractivity contribution in [3.63, 3.8) is 0 Å². The summed E-state index contributed by atoms with van der Waals surface area (Å²) in [5, 5.41) is 10.7. The van der Waals surface area contributed by atoms with Crippen LogP contribution in [0.15, 0.2) is 65.6 Å². The molecule has 0 aliphatic carbocycles. The van der Waals surface area contributed by atoms with E-state index in [1.807, 2.05) is 24.3 Å². The van der Waals surface area contributed by atoms with E-state index in [0.29, 0.717) is 24.2 Å². The Labute approximate surface area is 243 Å². The summed E-state index contributed by atoms with van der Waals surface area (Å²) in [5.74, 6) is -0.647. The van der Waals surface area contributed by atoms with Gasteiger partial charge >= 0.3 is 0 Å². The number of nitro groups is 1. The van der Waals surface area contributed by atoms with Gasteiger partial charge in [0, 0.05) is 25.2 Å². The molecule has 9 nitrogen and oxygen atoms in total. The lowest BCUT2D eigenvalue weighted by Gasteiger charge is -2.29. The quantitative estimate of drug-likeness (QED) is 0.184. The molecule has 2 aliphatic heterocycles. The van der Waals surface area contributed by atoms with E-state index in [-0.39, 0.29) is 45.4 Å². The number of non-ortho nitro benzene ring substituents is 1. The van der Waals surface area contributed by atoms with Crippen LogP contribution in [0.5, 0.6) is 5.75 Å². The third-order valence-corrected chi connectivity index (χ3v) is 7.97. The Bertz CT molecular complexity index is 1540. The van der Waals surface area contributed by atoms with Crippen LogP contribution in [-0.2, 0) is 29.2 Å². The van der Waals surface area contributed by atoms with Gasteiger partial charge in [0.2, 0.25) is 5.91 Å². The van der Waals surface area contributed by atoms with E-state index in [1.165, 1.54) is 23.8 Å². The molecule has 0 atom stereocenters. The summed E-state index contributed by atoms with van der Waals surface area (Å²) >= 11 is 13.5. The van der Waals surface area contributed by atoms with Gasteiger partial charge in [-0.1, -0.05) is 47.5 Å². The first kappa shape index (κ1) is 27.7. The Morgan fingerprint density at radius 1 is 1.05 bits per heavy atom. The number of fused-ring (bicyclic) bond motifs is 1. The molecule has 0 N–H and O–H groups in total. The molecule has 2 heterocycles. The fourth-order valence-corrected chi connectivity index (χ4v) is 5.85. The minimum atomic E-state index is -0.563. The zero-order valence-electron chi connectivity index (χ0n) is 20.8. The Morgan fingerprint density at radius 3 is 2.40 bits per heavy atom. The molecule has 3 aromatic rings. The molecule has 204 valence electrons. The zero-order chi connectivity index (χ0) is 28.4.